The van der Waals surface area contributed by atoms with Gasteiger partial charge in [0.1, 0.15) is 12.4 Å². The maximum atomic E-state index is 12.0. The summed E-state index contributed by atoms with van der Waals surface area (Å²) in [6.45, 7) is 3.56. The van der Waals surface area contributed by atoms with Crippen LogP contribution in [0, 0.1) is 13.8 Å². The third kappa shape index (κ3) is 2.76. The van der Waals surface area contributed by atoms with Gasteiger partial charge in [-0.1, -0.05) is 17.7 Å². The summed E-state index contributed by atoms with van der Waals surface area (Å²) in [6.07, 6.45) is 0. The molecule has 0 atom stereocenters. The van der Waals surface area contributed by atoms with Crippen LogP contribution in [0.2, 0.25) is 0 Å². The lowest BCUT2D eigenvalue weighted by Gasteiger charge is -2.05. The Morgan fingerprint density at radius 3 is 2.86 bits per heavy atom. The second-order valence-electron chi connectivity index (χ2n) is 5.03. The van der Waals surface area contributed by atoms with Crippen LogP contribution in [0.3, 0.4) is 0 Å². The highest BCUT2D eigenvalue weighted by Crippen LogP contribution is 2.09. The molecule has 6 nitrogen and oxygen atoms in total. The molecule has 2 heterocycles. The fraction of sp³-hybridized carbons (Fsp3) is 0.188. The van der Waals surface area contributed by atoms with Gasteiger partial charge in [-0.15, -0.1) is 4.57 Å². The molecule has 0 amide bonds. The maximum Gasteiger partial charge on any atom is 0.338 e. The van der Waals surface area contributed by atoms with Gasteiger partial charge in [0.25, 0.3) is 5.56 Å². The Kier molecular flexibility index (Phi) is 3.50. The van der Waals surface area contributed by atoms with Gasteiger partial charge in [-0.25, -0.2) is 9.78 Å². The quantitative estimate of drug-likeness (QED) is 0.693. The highest BCUT2D eigenvalue weighted by Gasteiger charge is 2.10. The highest BCUT2D eigenvalue weighted by atomic mass is 16.5. The molecule has 0 saturated heterocycles. The van der Waals surface area contributed by atoms with Crippen LogP contribution >= 0.6 is 0 Å². The number of carbonyl (C=O) groups is 1. The van der Waals surface area contributed by atoms with E-state index in [2.05, 4.69) is 4.98 Å². The molecule has 0 bridgehead atoms. The zero-order chi connectivity index (χ0) is 15.7. The minimum Gasteiger partial charge on any atom is -0.456 e. The molecule has 0 fully saturated rings. The van der Waals surface area contributed by atoms with Crippen molar-refractivity contribution < 1.29 is 14.1 Å². The molecule has 0 spiro atoms. The summed E-state index contributed by atoms with van der Waals surface area (Å²) in [6, 6.07) is 10.0. The first-order valence-electron chi connectivity index (χ1n) is 6.76. The lowest BCUT2D eigenvalue weighted by molar-refractivity contribution is 0.0467. The van der Waals surface area contributed by atoms with Crippen molar-refractivity contribution in [2.24, 2.45) is 0 Å². The summed E-state index contributed by atoms with van der Waals surface area (Å²) in [5, 5.41) is 0. The zero-order valence-electron chi connectivity index (χ0n) is 12.2. The summed E-state index contributed by atoms with van der Waals surface area (Å²) in [5.41, 5.74) is 1.87. The fourth-order valence-electron chi connectivity index (χ4n) is 2.14. The molecular weight excluding hydrogens is 284 g/mol. The van der Waals surface area contributed by atoms with Gasteiger partial charge >= 0.3 is 5.97 Å². The van der Waals surface area contributed by atoms with E-state index in [1.165, 1.54) is 6.07 Å². The molecule has 1 aromatic carbocycles. The molecule has 0 aliphatic rings. The molecule has 3 rings (SSSR count). The molecule has 0 saturated carbocycles. The van der Waals surface area contributed by atoms with Crippen LogP contribution < -0.4 is 5.56 Å². The molecule has 0 radical (unpaired) electrons. The Hall–Kier alpha value is -2.89. The first-order valence-corrected chi connectivity index (χ1v) is 6.76. The van der Waals surface area contributed by atoms with Gasteiger partial charge in [0.15, 0.2) is 5.65 Å². The predicted octanol–water partition coefficient (Wildman–Crippen LogP) is 2.26. The van der Waals surface area contributed by atoms with E-state index in [9.17, 15) is 9.59 Å². The number of aryl methyl sites for hydroxylation is 2. The Labute approximate surface area is 125 Å². The number of benzene rings is 1. The lowest BCUT2D eigenvalue weighted by atomic mass is 10.1. The highest BCUT2D eigenvalue weighted by molar-refractivity contribution is 5.89. The molecular formula is C16H14N2O4. The van der Waals surface area contributed by atoms with E-state index in [1.807, 2.05) is 13.0 Å². The van der Waals surface area contributed by atoms with Crippen LogP contribution in [-0.2, 0) is 11.3 Å². The number of fused-ring (bicyclic) bond motifs is 1. The van der Waals surface area contributed by atoms with Gasteiger partial charge in [0.05, 0.1) is 11.3 Å². The Morgan fingerprint density at radius 1 is 1.27 bits per heavy atom. The van der Waals surface area contributed by atoms with Gasteiger partial charge in [0, 0.05) is 12.1 Å². The van der Waals surface area contributed by atoms with Gasteiger partial charge in [-0.05, 0) is 26.0 Å². The smallest absolute Gasteiger partial charge is 0.338 e. The molecule has 2 aromatic heterocycles. The van der Waals surface area contributed by atoms with E-state index >= 15 is 0 Å². The Morgan fingerprint density at radius 2 is 2.09 bits per heavy atom. The van der Waals surface area contributed by atoms with Crippen LogP contribution in [0.4, 0.5) is 0 Å². The summed E-state index contributed by atoms with van der Waals surface area (Å²) in [4.78, 5) is 28.1. The Balaban J connectivity index is 1.79. The van der Waals surface area contributed by atoms with Crippen LogP contribution in [-0.4, -0.2) is 15.5 Å². The first-order chi connectivity index (χ1) is 10.5. The van der Waals surface area contributed by atoms with E-state index in [-0.39, 0.29) is 12.2 Å². The van der Waals surface area contributed by atoms with Crippen molar-refractivity contribution in [3.63, 3.8) is 0 Å². The van der Waals surface area contributed by atoms with Crippen molar-refractivity contribution in [1.29, 1.82) is 0 Å². The number of nitrogens with zero attached hydrogens (tertiary/aromatic N) is 2. The summed E-state index contributed by atoms with van der Waals surface area (Å²) in [5.74, 6) is 0.132. The average molecular weight is 298 g/mol. The van der Waals surface area contributed by atoms with Crippen molar-refractivity contribution >= 4 is 11.6 Å². The topological polar surface area (TPSA) is 73.8 Å². The molecule has 0 aliphatic carbocycles. The summed E-state index contributed by atoms with van der Waals surface area (Å²) in [7, 11) is 0. The molecule has 0 unspecified atom stereocenters. The number of hydrogen-bond donors (Lipinski definition) is 0. The van der Waals surface area contributed by atoms with E-state index in [0.717, 1.165) is 10.1 Å². The third-order valence-electron chi connectivity index (χ3n) is 3.13. The largest absolute Gasteiger partial charge is 0.456 e. The van der Waals surface area contributed by atoms with Crippen LogP contribution in [0.5, 0.6) is 0 Å². The number of aromatic nitrogens is 2. The monoisotopic (exact) mass is 298 g/mol. The second kappa shape index (κ2) is 5.48. The molecule has 6 heteroatoms. The van der Waals surface area contributed by atoms with Crippen LogP contribution in [0.25, 0.3) is 5.65 Å². The van der Waals surface area contributed by atoms with Gasteiger partial charge in [0.2, 0.25) is 0 Å². The van der Waals surface area contributed by atoms with Gasteiger partial charge in [-0.2, -0.15) is 0 Å². The lowest BCUT2D eigenvalue weighted by Crippen LogP contribution is -2.15. The van der Waals surface area contributed by atoms with E-state index < -0.39 is 5.97 Å². The van der Waals surface area contributed by atoms with E-state index in [0.29, 0.717) is 22.7 Å². The fourth-order valence-corrected chi connectivity index (χ4v) is 2.14. The number of ether oxygens (including phenoxy) is 1. The van der Waals surface area contributed by atoms with E-state index in [1.54, 1.807) is 31.2 Å². The van der Waals surface area contributed by atoms with Crippen molar-refractivity contribution in [3.8, 4) is 0 Å². The minimum atomic E-state index is -0.450. The normalized spacial score (nSPS) is 10.8. The second-order valence-corrected chi connectivity index (χ2v) is 5.03. The summed E-state index contributed by atoms with van der Waals surface area (Å²) < 4.78 is 11.5. The standard InChI is InChI=1S/C16H14N2O4/c1-10-4-3-5-12(6-10)16(20)21-9-13-8-15(19)18-14(17-13)7-11(2)22-18/h3-8H,9H2,1-2H3. The number of carbonyl (C=O) groups excluding carboxylic acids is 1. The van der Waals surface area contributed by atoms with Gasteiger partial charge in [-0.3, -0.25) is 4.79 Å². The number of esters is 1. The predicted molar refractivity (Wildman–Crippen MR) is 78.8 cm³/mol. The van der Waals surface area contributed by atoms with Crippen molar-refractivity contribution in [1.82, 2.24) is 9.56 Å². The van der Waals surface area contributed by atoms with Gasteiger partial charge < -0.3 is 9.26 Å². The Bertz CT molecular complexity index is 908. The first kappa shape index (κ1) is 14.1. The summed E-state index contributed by atoms with van der Waals surface area (Å²) >= 11 is 0. The molecule has 0 N–H and O–H groups in total. The van der Waals surface area contributed by atoms with E-state index in [4.69, 9.17) is 9.26 Å². The zero-order valence-corrected chi connectivity index (χ0v) is 12.2. The SMILES string of the molecule is Cc1cccc(C(=O)OCc2cc(=O)n3oc(C)cc3n2)c1. The average Bonchev–Trinajstić information content (AvgIpc) is 2.86. The third-order valence-corrected chi connectivity index (χ3v) is 3.13. The van der Waals surface area contributed by atoms with Crippen molar-refractivity contribution in [2.75, 3.05) is 0 Å². The van der Waals surface area contributed by atoms with Crippen LogP contribution in [0.15, 0.2) is 45.7 Å². The molecule has 0 aliphatic heterocycles. The molecule has 22 heavy (non-hydrogen) atoms. The van der Waals surface area contributed by atoms with Crippen LogP contribution in [0.1, 0.15) is 27.4 Å². The number of rotatable bonds is 3. The number of hydrogen-bond acceptors (Lipinski definition) is 5. The van der Waals surface area contributed by atoms with Crippen molar-refractivity contribution in [2.45, 2.75) is 20.5 Å². The molecule has 3 aromatic rings. The van der Waals surface area contributed by atoms with Crippen molar-refractivity contribution in [3.05, 3.63) is 69.3 Å². The minimum absolute atomic E-state index is 0.0667. The maximum absolute atomic E-state index is 12.0. The molecule has 112 valence electrons.